The van der Waals surface area contributed by atoms with E-state index >= 15 is 0 Å². The zero-order valence-corrected chi connectivity index (χ0v) is 26.4. The van der Waals surface area contributed by atoms with Crippen molar-refractivity contribution < 1.29 is 0 Å². The molecule has 0 amide bonds. The average Bonchev–Trinajstić information content (AvgIpc) is 3.33. The molecule has 0 aliphatic heterocycles. The van der Waals surface area contributed by atoms with Crippen LogP contribution in [0.15, 0.2) is 91.0 Å². The van der Waals surface area contributed by atoms with Crippen LogP contribution in [0.1, 0.15) is 39.5 Å². The van der Waals surface area contributed by atoms with E-state index in [1.807, 2.05) is 26.0 Å². The fraction of sp³-hybridized carbons (Fsp3) is 0.150. The highest BCUT2D eigenvalue weighted by molar-refractivity contribution is 6.11. The number of nitrogens with zero attached hydrogens (tertiary/aromatic N) is 5. The molecule has 0 fully saturated rings. The zero-order valence-electron chi connectivity index (χ0n) is 26.4. The van der Waals surface area contributed by atoms with E-state index in [1.165, 1.54) is 33.4 Å². The molecule has 0 aliphatic carbocycles. The van der Waals surface area contributed by atoms with Crippen molar-refractivity contribution in [2.45, 2.75) is 41.5 Å². The molecule has 0 atom stereocenters. The standard InChI is InChI=1S/C40H33N5/c1-23-7-12-33(25(3)17-23)29-9-14-36-37-15-10-30(34-13-8-24(2)18-26(34)4)21-39(37)45(38(36)20-29)32-11-16-35(31(19-32)22-41)40-43-27(5)42-28(6)44-40/h7-21H,1-6H3. The van der Waals surface area contributed by atoms with Crippen LogP contribution in [0.5, 0.6) is 0 Å². The number of hydrogen-bond acceptors (Lipinski definition) is 4. The molecule has 0 radical (unpaired) electrons. The van der Waals surface area contributed by atoms with Crippen molar-refractivity contribution >= 4 is 21.8 Å². The van der Waals surface area contributed by atoms with Crippen molar-refractivity contribution in [1.29, 1.82) is 5.26 Å². The lowest BCUT2D eigenvalue weighted by Crippen LogP contribution is -2.01. The van der Waals surface area contributed by atoms with Crippen molar-refractivity contribution in [2.75, 3.05) is 0 Å². The van der Waals surface area contributed by atoms with Gasteiger partial charge in [-0.05, 0) is 105 Å². The van der Waals surface area contributed by atoms with Crippen molar-refractivity contribution in [3.63, 3.8) is 0 Å². The molecule has 0 saturated carbocycles. The molecule has 0 saturated heterocycles. The largest absolute Gasteiger partial charge is 0.309 e. The summed E-state index contributed by atoms with van der Waals surface area (Å²) in [5, 5.41) is 12.7. The molecule has 5 nitrogen and oxygen atoms in total. The van der Waals surface area contributed by atoms with E-state index in [9.17, 15) is 5.26 Å². The van der Waals surface area contributed by atoms with Crippen LogP contribution in [0.25, 0.3) is 61.1 Å². The highest BCUT2D eigenvalue weighted by atomic mass is 15.0. The van der Waals surface area contributed by atoms with Crippen molar-refractivity contribution in [3.05, 3.63) is 130 Å². The number of hydrogen-bond donors (Lipinski definition) is 0. The number of rotatable bonds is 4. The van der Waals surface area contributed by atoms with E-state index in [-0.39, 0.29) is 0 Å². The number of fused-ring (bicyclic) bond motifs is 3. The molecule has 7 aromatic rings. The molecular formula is C40H33N5. The Hall–Kier alpha value is -5.60. The first-order chi connectivity index (χ1) is 21.7. The van der Waals surface area contributed by atoms with Gasteiger partial charge in [-0.3, -0.25) is 0 Å². The van der Waals surface area contributed by atoms with Crippen LogP contribution >= 0.6 is 0 Å². The Morgan fingerprint density at radius 1 is 0.533 bits per heavy atom. The molecule has 0 unspecified atom stereocenters. The van der Waals surface area contributed by atoms with Gasteiger partial charge in [0.25, 0.3) is 0 Å². The summed E-state index contributed by atoms with van der Waals surface area (Å²) in [6, 6.07) is 35.1. The summed E-state index contributed by atoms with van der Waals surface area (Å²) >= 11 is 0. The second kappa shape index (κ2) is 10.8. The lowest BCUT2D eigenvalue weighted by atomic mass is 9.96. The van der Waals surface area contributed by atoms with Gasteiger partial charge in [0.15, 0.2) is 5.82 Å². The van der Waals surface area contributed by atoms with Gasteiger partial charge in [-0.1, -0.05) is 71.8 Å². The predicted octanol–water partition coefficient (Wildman–Crippen LogP) is 9.69. The van der Waals surface area contributed by atoms with Crippen LogP contribution in [-0.4, -0.2) is 19.5 Å². The first kappa shape index (κ1) is 28.2. The maximum atomic E-state index is 10.3. The Kier molecular flexibility index (Phi) is 6.79. The van der Waals surface area contributed by atoms with Crippen molar-refractivity contribution in [1.82, 2.24) is 19.5 Å². The van der Waals surface area contributed by atoms with Crippen molar-refractivity contribution in [2.24, 2.45) is 0 Å². The van der Waals surface area contributed by atoms with Crippen LogP contribution in [0, 0.1) is 52.9 Å². The summed E-state index contributed by atoms with van der Waals surface area (Å²) in [6.07, 6.45) is 0. The van der Waals surface area contributed by atoms with Crippen LogP contribution in [0.2, 0.25) is 0 Å². The minimum absolute atomic E-state index is 0.514. The van der Waals surface area contributed by atoms with Gasteiger partial charge in [0, 0.05) is 22.0 Å². The summed E-state index contributed by atoms with van der Waals surface area (Å²) in [5.74, 6) is 1.77. The maximum Gasteiger partial charge on any atom is 0.164 e. The molecule has 2 aromatic heterocycles. The van der Waals surface area contributed by atoms with Gasteiger partial charge in [0.1, 0.15) is 11.6 Å². The number of aromatic nitrogens is 4. The van der Waals surface area contributed by atoms with Crippen LogP contribution < -0.4 is 0 Å². The minimum atomic E-state index is 0.514. The third-order valence-electron chi connectivity index (χ3n) is 8.63. The summed E-state index contributed by atoms with van der Waals surface area (Å²) in [5.41, 5.74) is 14.0. The molecule has 0 spiro atoms. The second-order valence-electron chi connectivity index (χ2n) is 12.0. The Balaban J connectivity index is 1.51. The molecule has 0 bridgehead atoms. The van der Waals surface area contributed by atoms with Crippen LogP contribution in [0.4, 0.5) is 0 Å². The van der Waals surface area contributed by atoms with E-state index in [0.29, 0.717) is 28.6 Å². The minimum Gasteiger partial charge on any atom is -0.309 e. The second-order valence-corrected chi connectivity index (χ2v) is 12.0. The third kappa shape index (κ3) is 4.95. The SMILES string of the molecule is Cc1ccc(-c2ccc3c4ccc(-c5ccc(C)cc5C)cc4n(-c4ccc(-c5nc(C)nc(C)n5)c(C#N)c4)c3c2)c(C)c1. The van der Waals surface area contributed by atoms with Gasteiger partial charge in [-0.15, -0.1) is 0 Å². The summed E-state index contributed by atoms with van der Waals surface area (Å²) < 4.78 is 2.29. The quantitative estimate of drug-likeness (QED) is 0.207. The van der Waals surface area contributed by atoms with Crippen molar-refractivity contribution in [3.8, 4) is 45.4 Å². The number of nitriles is 1. The Bertz CT molecular complexity index is 2220. The van der Waals surface area contributed by atoms with E-state index in [4.69, 9.17) is 0 Å². The lowest BCUT2D eigenvalue weighted by molar-refractivity contribution is 0.928. The van der Waals surface area contributed by atoms with Gasteiger partial charge in [0.05, 0.1) is 22.7 Å². The highest BCUT2D eigenvalue weighted by Gasteiger charge is 2.18. The Morgan fingerprint density at radius 3 is 1.53 bits per heavy atom. The smallest absolute Gasteiger partial charge is 0.164 e. The molecule has 218 valence electrons. The van der Waals surface area contributed by atoms with Gasteiger partial charge >= 0.3 is 0 Å². The van der Waals surface area contributed by atoms with Gasteiger partial charge in [-0.2, -0.15) is 5.26 Å². The molecular weight excluding hydrogens is 550 g/mol. The molecule has 2 heterocycles. The molecule has 45 heavy (non-hydrogen) atoms. The summed E-state index contributed by atoms with van der Waals surface area (Å²) in [4.78, 5) is 13.4. The predicted molar refractivity (Wildman–Crippen MR) is 184 cm³/mol. The fourth-order valence-electron chi connectivity index (χ4n) is 6.60. The fourth-order valence-corrected chi connectivity index (χ4v) is 6.60. The Labute approximate surface area is 263 Å². The third-order valence-corrected chi connectivity index (χ3v) is 8.63. The molecule has 5 aromatic carbocycles. The van der Waals surface area contributed by atoms with E-state index in [2.05, 4.69) is 132 Å². The summed E-state index contributed by atoms with van der Waals surface area (Å²) in [7, 11) is 0. The molecule has 0 aliphatic rings. The highest BCUT2D eigenvalue weighted by Crippen LogP contribution is 2.39. The Morgan fingerprint density at radius 2 is 1.04 bits per heavy atom. The van der Waals surface area contributed by atoms with E-state index < -0.39 is 0 Å². The van der Waals surface area contributed by atoms with E-state index in [0.717, 1.165) is 38.6 Å². The number of aryl methyl sites for hydroxylation is 6. The molecule has 5 heteroatoms. The van der Waals surface area contributed by atoms with Gasteiger partial charge in [-0.25, -0.2) is 15.0 Å². The number of benzene rings is 5. The zero-order chi connectivity index (χ0) is 31.4. The van der Waals surface area contributed by atoms with Gasteiger partial charge < -0.3 is 4.57 Å². The van der Waals surface area contributed by atoms with E-state index in [1.54, 1.807) is 0 Å². The topological polar surface area (TPSA) is 67.4 Å². The van der Waals surface area contributed by atoms with Crippen LogP contribution in [0.3, 0.4) is 0 Å². The lowest BCUT2D eigenvalue weighted by Gasteiger charge is -2.13. The first-order valence-corrected chi connectivity index (χ1v) is 15.2. The van der Waals surface area contributed by atoms with Gasteiger partial charge in [0.2, 0.25) is 0 Å². The molecule has 0 N–H and O–H groups in total. The normalized spacial score (nSPS) is 11.3. The molecule has 7 rings (SSSR count). The first-order valence-electron chi connectivity index (χ1n) is 15.2. The van der Waals surface area contributed by atoms with Crippen LogP contribution in [-0.2, 0) is 0 Å². The average molecular weight is 584 g/mol. The maximum absolute atomic E-state index is 10.3. The monoisotopic (exact) mass is 583 g/mol. The summed E-state index contributed by atoms with van der Waals surface area (Å²) in [6.45, 7) is 12.3.